The Labute approximate surface area is 137 Å². The molecule has 118 valence electrons. The van der Waals surface area contributed by atoms with Gasteiger partial charge in [0, 0.05) is 11.1 Å². The molecule has 0 bridgehead atoms. The van der Waals surface area contributed by atoms with Crippen molar-refractivity contribution in [2.75, 3.05) is 0 Å². The summed E-state index contributed by atoms with van der Waals surface area (Å²) < 4.78 is 55.9. The van der Waals surface area contributed by atoms with Crippen LogP contribution in [0.1, 0.15) is 0 Å². The molecule has 0 aliphatic carbocycles. The lowest BCUT2D eigenvalue weighted by Crippen LogP contribution is -2.15. The summed E-state index contributed by atoms with van der Waals surface area (Å²) in [6, 6.07) is 7.56. The Morgan fingerprint density at radius 3 is 2.00 bits per heavy atom. The molecule has 22 heavy (non-hydrogen) atoms. The Morgan fingerprint density at radius 1 is 0.909 bits per heavy atom. The van der Waals surface area contributed by atoms with Crippen LogP contribution < -0.4 is 5.14 Å². The summed E-state index contributed by atoms with van der Waals surface area (Å²) in [6.07, 6.45) is 0. The molecular formula is C12H9Cl2NO5S2. The third-order valence-corrected chi connectivity index (χ3v) is 5.46. The van der Waals surface area contributed by atoms with Crippen LogP contribution in [0, 0.1) is 0 Å². The zero-order valence-electron chi connectivity index (χ0n) is 10.7. The average molecular weight is 382 g/mol. The molecule has 0 aromatic heterocycles. The minimum absolute atomic E-state index is 0.0198. The third-order valence-electron chi connectivity index (χ3n) is 2.79. The maximum Gasteiger partial charge on any atom is 0.295 e. The van der Waals surface area contributed by atoms with Crippen LogP contribution in [-0.4, -0.2) is 21.4 Å². The molecule has 0 radical (unpaired) electrons. The lowest BCUT2D eigenvalue weighted by molar-refractivity contribution is 0.483. The number of rotatable bonds is 3. The van der Waals surface area contributed by atoms with Gasteiger partial charge in [-0.3, -0.25) is 4.55 Å². The fraction of sp³-hybridized carbons (Fsp3) is 0. The van der Waals surface area contributed by atoms with Gasteiger partial charge in [0.25, 0.3) is 10.1 Å². The number of hydrogen-bond acceptors (Lipinski definition) is 4. The van der Waals surface area contributed by atoms with Gasteiger partial charge in [0.1, 0.15) is 4.90 Å². The first-order chi connectivity index (χ1) is 10.0. The van der Waals surface area contributed by atoms with E-state index in [1.807, 2.05) is 0 Å². The van der Waals surface area contributed by atoms with Crippen molar-refractivity contribution in [3.63, 3.8) is 0 Å². The van der Waals surface area contributed by atoms with E-state index in [-0.39, 0.29) is 21.2 Å². The van der Waals surface area contributed by atoms with Gasteiger partial charge in [-0.05, 0) is 18.2 Å². The summed E-state index contributed by atoms with van der Waals surface area (Å²) >= 11 is 11.9. The minimum atomic E-state index is -4.72. The fourth-order valence-corrected chi connectivity index (χ4v) is 3.89. The van der Waals surface area contributed by atoms with Crippen LogP contribution in [0.25, 0.3) is 11.1 Å². The topological polar surface area (TPSA) is 115 Å². The SMILES string of the molecule is NS(=O)(=O)c1cccc(S(=O)(=O)O)c1-c1cccc(Cl)c1Cl. The van der Waals surface area contributed by atoms with E-state index in [1.165, 1.54) is 18.2 Å². The van der Waals surface area contributed by atoms with Crippen molar-refractivity contribution in [1.29, 1.82) is 0 Å². The van der Waals surface area contributed by atoms with E-state index in [4.69, 9.17) is 28.3 Å². The van der Waals surface area contributed by atoms with E-state index in [0.29, 0.717) is 0 Å². The van der Waals surface area contributed by atoms with Gasteiger partial charge in [-0.15, -0.1) is 0 Å². The van der Waals surface area contributed by atoms with Gasteiger partial charge in [0.2, 0.25) is 10.0 Å². The van der Waals surface area contributed by atoms with Crippen LogP contribution in [-0.2, 0) is 20.1 Å². The highest BCUT2D eigenvalue weighted by molar-refractivity contribution is 7.89. The van der Waals surface area contributed by atoms with Crippen molar-refractivity contribution in [3.05, 3.63) is 46.4 Å². The molecule has 2 aromatic carbocycles. The maximum absolute atomic E-state index is 11.7. The van der Waals surface area contributed by atoms with Crippen molar-refractivity contribution < 1.29 is 21.4 Å². The number of hydrogen-bond donors (Lipinski definition) is 2. The number of halogens is 2. The van der Waals surface area contributed by atoms with Crippen molar-refractivity contribution in [3.8, 4) is 11.1 Å². The molecule has 0 aliphatic heterocycles. The molecule has 3 N–H and O–H groups in total. The van der Waals surface area contributed by atoms with E-state index in [9.17, 15) is 21.4 Å². The van der Waals surface area contributed by atoms with Gasteiger partial charge in [0.15, 0.2) is 0 Å². The van der Waals surface area contributed by atoms with Gasteiger partial charge < -0.3 is 0 Å². The quantitative estimate of drug-likeness (QED) is 0.792. The highest BCUT2D eigenvalue weighted by Crippen LogP contribution is 2.39. The molecule has 0 fully saturated rings. The molecule has 0 saturated heterocycles. The smallest absolute Gasteiger partial charge is 0.282 e. The molecule has 2 aromatic rings. The third kappa shape index (κ3) is 3.27. The largest absolute Gasteiger partial charge is 0.295 e. The summed E-state index contributed by atoms with van der Waals surface area (Å²) in [5, 5.41) is 5.14. The van der Waals surface area contributed by atoms with Gasteiger partial charge >= 0.3 is 0 Å². The van der Waals surface area contributed by atoms with Crippen molar-refractivity contribution >= 4 is 43.3 Å². The molecule has 0 heterocycles. The summed E-state index contributed by atoms with van der Waals surface area (Å²) in [5.74, 6) is 0. The predicted molar refractivity (Wildman–Crippen MR) is 83.1 cm³/mol. The fourth-order valence-electron chi connectivity index (χ4n) is 1.93. The second-order valence-electron chi connectivity index (χ2n) is 4.25. The van der Waals surface area contributed by atoms with Crippen LogP contribution >= 0.6 is 23.2 Å². The van der Waals surface area contributed by atoms with E-state index >= 15 is 0 Å². The summed E-state index contributed by atoms with van der Waals surface area (Å²) in [7, 11) is -8.99. The van der Waals surface area contributed by atoms with E-state index < -0.39 is 29.9 Å². The zero-order valence-corrected chi connectivity index (χ0v) is 13.8. The first kappa shape index (κ1) is 17.2. The monoisotopic (exact) mass is 381 g/mol. The van der Waals surface area contributed by atoms with Crippen molar-refractivity contribution in [2.24, 2.45) is 5.14 Å². The summed E-state index contributed by atoms with van der Waals surface area (Å²) in [6.45, 7) is 0. The Bertz CT molecular complexity index is 905. The molecule has 2 rings (SSSR count). The molecule has 10 heteroatoms. The normalized spacial score (nSPS) is 12.4. The van der Waals surface area contributed by atoms with Gasteiger partial charge in [0.05, 0.1) is 14.9 Å². The van der Waals surface area contributed by atoms with Crippen LogP contribution in [0.4, 0.5) is 0 Å². The predicted octanol–water partition coefficient (Wildman–Crippen LogP) is 2.55. The zero-order chi connectivity index (χ0) is 16.7. The van der Waals surface area contributed by atoms with E-state index in [1.54, 1.807) is 0 Å². The number of sulfonamides is 1. The van der Waals surface area contributed by atoms with Crippen molar-refractivity contribution in [1.82, 2.24) is 0 Å². The molecule has 0 spiro atoms. The summed E-state index contributed by atoms with van der Waals surface area (Å²) in [5.41, 5.74) is -0.314. The molecule has 0 atom stereocenters. The van der Waals surface area contributed by atoms with Crippen LogP contribution in [0.2, 0.25) is 10.0 Å². The minimum Gasteiger partial charge on any atom is -0.282 e. The Hall–Kier alpha value is -1.16. The second kappa shape index (κ2) is 5.80. The molecule has 0 amide bonds. The average Bonchev–Trinajstić information content (AvgIpc) is 2.39. The molecule has 0 saturated carbocycles. The lowest BCUT2D eigenvalue weighted by atomic mass is 10.1. The summed E-state index contributed by atoms with van der Waals surface area (Å²) in [4.78, 5) is -1.13. The first-order valence-corrected chi connectivity index (χ1v) is 9.35. The van der Waals surface area contributed by atoms with E-state index in [0.717, 1.165) is 18.2 Å². The molecular weight excluding hydrogens is 373 g/mol. The van der Waals surface area contributed by atoms with Crippen LogP contribution in [0.5, 0.6) is 0 Å². The van der Waals surface area contributed by atoms with Gasteiger partial charge in [-0.25, -0.2) is 13.6 Å². The van der Waals surface area contributed by atoms with Crippen LogP contribution in [0.3, 0.4) is 0 Å². The number of primary sulfonamides is 1. The molecule has 6 nitrogen and oxygen atoms in total. The number of benzene rings is 2. The van der Waals surface area contributed by atoms with E-state index in [2.05, 4.69) is 0 Å². The van der Waals surface area contributed by atoms with Gasteiger partial charge in [-0.1, -0.05) is 41.4 Å². The highest BCUT2D eigenvalue weighted by Gasteiger charge is 2.26. The highest BCUT2D eigenvalue weighted by atomic mass is 35.5. The van der Waals surface area contributed by atoms with Gasteiger partial charge in [-0.2, -0.15) is 8.42 Å². The Morgan fingerprint density at radius 2 is 1.45 bits per heavy atom. The van der Waals surface area contributed by atoms with Crippen LogP contribution in [0.15, 0.2) is 46.2 Å². The first-order valence-electron chi connectivity index (χ1n) is 5.61. The number of nitrogens with two attached hydrogens (primary N) is 1. The molecule has 0 aliphatic rings. The standard InChI is InChI=1S/C12H9Cl2NO5S2/c13-8-4-1-3-7(12(8)14)11-9(21(15,16)17)5-2-6-10(11)22(18,19)20/h1-6H,(H2,15,16,17)(H,18,19,20). The second-order valence-corrected chi connectivity index (χ2v) is 7.96. The Balaban J connectivity index is 3.04. The Kier molecular flexibility index (Phi) is 4.54. The molecule has 0 unspecified atom stereocenters. The lowest BCUT2D eigenvalue weighted by Gasteiger charge is -2.14. The maximum atomic E-state index is 11.7. The van der Waals surface area contributed by atoms with Crippen molar-refractivity contribution in [2.45, 2.75) is 9.79 Å².